The van der Waals surface area contributed by atoms with E-state index in [2.05, 4.69) is 5.32 Å². The first-order chi connectivity index (χ1) is 13.3. The molecule has 0 aliphatic heterocycles. The van der Waals surface area contributed by atoms with Crippen LogP contribution in [-0.4, -0.2) is 37.3 Å². The van der Waals surface area contributed by atoms with Gasteiger partial charge < -0.3 is 10.1 Å². The molecular formula is C19H19F3N2O4. The topological polar surface area (TPSA) is 67.9 Å². The normalized spacial score (nSPS) is 11.6. The van der Waals surface area contributed by atoms with Gasteiger partial charge in [-0.15, -0.1) is 0 Å². The Morgan fingerprint density at radius 2 is 1.71 bits per heavy atom. The number of alkyl carbamates (subject to hydrolysis) is 1. The fourth-order valence-electron chi connectivity index (χ4n) is 2.36. The Labute approximate surface area is 159 Å². The van der Waals surface area contributed by atoms with E-state index in [9.17, 15) is 22.8 Å². The smallest absolute Gasteiger partial charge is 0.408 e. The molecule has 28 heavy (non-hydrogen) atoms. The van der Waals surface area contributed by atoms with E-state index in [0.717, 1.165) is 10.6 Å². The zero-order chi connectivity index (χ0) is 20.7. The van der Waals surface area contributed by atoms with Gasteiger partial charge >= 0.3 is 6.09 Å². The third-order valence-corrected chi connectivity index (χ3v) is 3.90. The number of halogens is 3. The van der Waals surface area contributed by atoms with Gasteiger partial charge in [0.1, 0.15) is 18.5 Å². The molecule has 0 heterocycles. The lowest BCUT2D eigenvalue weighted by atomic mass is 10.0. The number of hydrogen-bond acceptors (Lipinski definition) is 4. The number of hydrogen-bond donors (Lipinski definition) is 1. The standard InChI is InChI=1S/C19H19F3N2O4/c1-24(27-2)18(25)17(9-13-8-15(21)16(22)10-14(13)20)23-19(26)28-11-12-6-4-3-5-7-12/h3-8,10,17H,9,11H2,1-2H3,(H,23,26). The Balaban J connectivity index is 2.12. The SMILES string of the molecule is CON(C)C(=O)C(Cc1cc(F)c(F)cc1F)NC(=O)OCc1ccccc1. The first kappa shape index (κ1) is 21.2. The quantitative estimate of drug-likeness (QED) is 0.577. The Hall–Kier alpha value is -3.07. The highest BCUT2D eigenvalue weighted by molar-refractivity contribution is 5.85. The lowest BCUT2D eigenvalue weighted by Crippen LogP contribution is -2.48. The van der Waals surface area contributed by atoms with Gasteiger partial charge in [0.2, 0.25) is 0 Å². The first-order valence-electron chi connectivity index (χ1n) is 8.24. The van der Waals surface area contributed by atoms with Gasteiger partial charge in [0.15, 0.2) is 11.6 Å². The number of nitrogens with one attached hydrogen (secondary N) is 1. The van der Waals surface area contributed by atoms with E-state index < -0.39 is 41.9 Å². The van der Waals surface area contributed by atoms with Crippen LogP contribution in [0.15, 0.2) is 42.5 Å². The Bertz CT molecular complexity index is 833. The van der Waals surface area contributed by atoms with Gasteiger partial charge in [-0.05, 0) is 17.2 Å². The molecule has 150 valence electrons. The van der Waals surface area contributed by atoms with Crippen LogP contribution in [0.4, 0.5) is 18.0 Å². The van der Waals surface area contributed by atoms with Crippen molar-refractivity contribution < 1.29 is 32.3 Å². The van der Waals surface area contributed by atoms with E-state index in [1.165, 1.54) is 14.2 Å². The number of nitrogens with zero attached hydrogens (tertiary/aromatic N) is 1. The maximum absolute atomic E-state index is 13.9. The van der Waals surface area contributed by atoms with Crippen molar-refractivity contribution in [1.29, 1.82) is 0 Å². The average molecular weight is 396 g/mol. The summed E-state index contributed by atoms with van der Waals surface area (Å²) in [6, 6.07) is 8.50. The van der Waals surface area contributed by atoms with Crippen LogP contribution in [0.3, 0.4) is 0 Å². The predicted molar refractivity (Wildman–Crippen MR) is 93.3 cm³/mol. The first-order valence-corrected chi connectivity index (χ1v) is 8.24. The third kappa shape index (κ3) is 5.71. The summed E-state index contributed by atoms with van der Waals surface area (Å²) in [5, 5.41) is 3.12. The fourth-order valence-corrected chi connectivity index (χ4v) is 2.36. The highest BCUT2D eigenvalue weighted by Gasteiger charge is 2.27. The predicted octanol–water partition coefficient (Wildman–Crippen LogP) is 2.96. The van der Waals surface area contributed by atoms with E-state index in [-0.39, 0.29) is 12.2 Å². The van der Waals surface area contributed by atoms with Crippen molar-refractivity contribution >= 4 is 12.0 Å². The van der Waals surface area contributed by atoms with Gasteiger partial charge in [-0.1, -0.05) is 30.3 Å². The molecule has 0 radical (unpaired) electrons. The molecule has 0 aromatic heterocycles. The lowest BCUT2D eigenvalue weighted by Gasteiger charge is -2.23. The summed E-state index contributed by atoms with van der Waals surface area (Å²) in [6.45, 7) is -0.0484. The van der Waals surface area contributed by atoms with Crippen LogP contribution < -0.4 is 5.32 Å². The minimum absolute atomic E-state index is 0.0484. The van der Waals surface area contributed by atoms with Crippen LogP contribution >= 0.6 is 0 Å². The van der Waals surface area contributed by atoms with E-state index in [4.69, 9.17) is 9.57 Å². The summed E-state index contributed by atoms with van der Waals surface area (Å²) >= 11 is 0. The number of rotatable bonds is 7. The van der Waals surface area contributed by atoms with Crippen molar-refractivity contribution in [3.05, 3.63) is 71.0 Å². The molecule has 0 aliphatic carbocycles. The maximum atomic E-state index is 13.9. The van der Waals surface area contributed by atoms with Crippen molar-refractivity contribution in [1.82, 2.24) is 10.4 Å². The highest BCUT2D eigenvalue weighted by Crippen LogP contribution is 2.16. The fraction of sp³-hybridized carbons (Fsp3) is 0.263. The molecule has 0 saturated carbocycles. The van der Waals surface area contributed by atoms with Gasteiger partial charge in [0.05, 0.1) is 7.11 Å². The largest absolute Gasteiger partial charge is 0.445 e. The molecule has 0 fully saturated rings. The zero-order valence-corrected chi connectivity index (χ0v) is 15.2. The molecule has 2 aromatic carbocycles. The number of carbonyl (C=O) groups excluding carboxylic acids is 2. The molecule has 6 nitrogen and oxygen atoms in total. The maximum Gasteiger partial charge on any atom is 0.408 e. The van der Waals surface area contributed by atoms with Crippen molar-refractivity contribution in [2.24, 2.45) is 0 Å². The van der Waals surface area contributed by atoms with E-state index in [1.807, 2.05) is 0 Å². The molecule has 9 heteroatoms. The summed E-state index contributed by atoms with van der Waals surface area (Å²) < 4.78 is 45.5. The molecule has 2 amide bonds. The molecule has 0 spiro atoms. The van der Waals surface area contributed by atoms with E-state index in [1.54, 1.807) is 30.3 Å². The Kier molecular flexibility index (Phi) is 7.39. The number of benzene rings is 2. The second kappa shape index (κ2) is 9.75. The van der Waals surface area contributed by atoms with Gasteiger partial charge in [-0.25, -0.2) is 23.0 Å². The lowest BCUT2D eigenvalue weighted by molar-refractivity contribution is -0.170. The number of ether oxygens (including phenoxy) is 1. The second-order valence-electron chi connectivity index (χ2n) is 5.84. The number of amides is 2. The molecule has 0 aliphatic rings. The van der Waals surface area contributed by atoms with Crippen LogP contribution in [0.5, 0.6) is 0 Å². The van der Waals surface area contributed by atoms with Crippen molar-refractivity contribution in [3.63, 3.8) is 0 Å². The molecular weight excluding hydrogens is 377 g/mol. The molecule has 2 rings (SSSR count). The molecule has 1 unspecified atom stereocenters. The van der Waals surface area contributed by atoms with Crippen LogP contribution in [0.1, 0.15) is 11.1 Å². The Morgan fingerprint density at radius 1 is 1.07 bits per heavy atom. The summed E-state index contributed by atoms with van der Waals surface area (Å²) in [4.78, 5) is 29.2. The van der Waals surface area contributed by atoms with Crippen LogP contribution in [0, 0.1) is 17.5 Å². The van der Waals surface area contributed by atoms with Gasteiger partial charge in [0, 0.05) is 19.5 Å². The molecule has 1 atom stereocenters. The third-order valence-electron chi connectivity index (χ3n) is 3.90. The molecule has 0 saturated heterocycles. The van der Waals surface area contributed by atoms with Crippen molar-refractivity contribution in [2.45, 2.75) is 19.1 Å². The molecule has 1 N–H and O–H groups in total. The van der Waals surface area contributed by atoms with Crippen LogP contribution in [0.2, 0.25) is 0 Å². The summed E-state index contributed by atoms with van der Waals surface area (Å²) in [5.41, 5.74) is 0.436. The summed E-state index contributed by atoms with van der Waals surface area (Å²) in [7, 11) is 2.51. The Morgan fingerprint density at radius 3 is 2.36 bits per heavy atom. The van der Waals surface area contributed by atoms with Gasteiger partial charge in [0.25, 0.3) is 5.91 Å². The van der Waals surface area contributed by atoms with Gasteiger partial charge in [-0.3, -0.25) is 9.63 Å². The van der Waals surface area contributed by atoms with Crippen LogP contribution in [0.25, 0.3) is 0 Å². The summed E-state index contributed by atoms with van der Waals surface area (Å²) in [5.74, 6) is -4.40. The van der Waals surface area contributed by atoms with Gasteiger partial charge in [-0.2, -0.15) is 0 Å². The second-order valence-corrected chi connectivity index (χ2v) is 5.84. The highest BCUT2D eigenvalue weighted by atomic mass is 19.2. The van der Waals surface area contributed by atoms with E-state index >= 15 is 0 Å². The van der Waals surface area contributed by atoms with Crippen LogP contribution in [-0.2, 0) is 27.4 Å². The minimum Gasteiger partial charge on any atom is -0.445 e. The van der Waals surface area contributed by atoms with Crippen molar-refractivity contribution in [3.8, 4) is 0 Å². The number of likely N-dealkylation sites (N-methyl/N-ethyl adjacent to an activating group) is 1. The summed E-state index contributed by atoms with van der Waals surface area (Å²) in [6.07, 6.45) is -1.37. The van der Waals surface area contributed by atoms with E-state index in [0.29, 0.717) is 12.1 Å². The average Bonchev–Trinajstić information content (AvgIpc) is 2.69. The minimum atomic E-state index is -1.35. The molecule has 0 bridgehead atoms. The number of hydroxylamine groups is 2. The van der Waals surface area contributed by atoms with Crippen molar-refractivity contribution in [2.75, 3.05) is 14.2 Å². The molecule has 2 aromatic rings. The monoisotopic (exact) mass is 396 g/mol. The zero-order valence-electron chi connectivity index (χ0n) is 15.2. The number of carbonyl (C=O) groups is 2.